The largest absolute Gasteiger partial charge is 0.351 e. The van der Waals surface area contributed by atoms with Gasteiger partial charge in [0.25, 0.3) is 10.0 Å². The highest BCUT2D eigenvalue weighted by Gasteiger charge is 2.20. The number of amides is 2. The van der Waals surface area contributed by atoms with Gasteiger partial charge in [-0.3, -0.25) is 0 Å². The fourth-order valence-corrected chi connectivity index (χ4v) is 1.56. The molecule has 0 aliphatic heterocycles. The minimum absolute atomic E-state index is 0.676. The molecule has 12 heavy (non-hydrogen) atoms. The number of primary amides is 1. The number of nitrogens with two attached hydrogens (primary N) is 1. The molecular weight excluding hydrogens is 250 g/mol. The summed E-state index contributed by atoms with van der Waals surface area (Å²) < 4.78 is 21.4. The van der Waals surface area contributed by atoms with Crippen molar-refractivity contribution in [2.45, 2.75) is 0 Å². The number of urea groups is 1. The van der Waals surface area contributed by atoms with Crippen LogP contribution in [0.4, 0.5) is 4.79 Å². The van der Waals surface area contributed by atoms with E-state index in [4.69, 9.17) is 34.8 Å². The molecular formula is C3H3Cl3N2O3S. The van der Waals surface area contributed by atoms with Crippen LogP contribution in [-0.4, -0.2) is 14.4 Å². The van der Waals surface area contributed by atoms with Crippen molar-refractivity contribution in [3.05, 3.63) is 8.86 Å². The van der Waals surface area contributed by atoms with Gasteiger partial charge < -0.3 is 5.73 Å². The molecule has 0 aromatic heterocycles. The third kappa shape index (κ3) is 3.48. The Balaban J connectivity index is 4.90. The molecule has 0 saturated carbocycles. The summed E-state index contributed by atoms with van der Waals surface area (Å²) in [6.45, 7) is 0. The van der Waals surface area contributed by atoms with Crippen molar-refractivity contribution < 1.29 is 13.2 Å². The normalized spacial score (nSPS) is 10.6. The van der Waals surface area contributed by atoms with Gasteiger partial charge in [0.1, 0.15) is 4.49 Å². The van der Waals surface area contributed by atoms with Crippen LogP contribution >= 0.6 is 34.8 Å². The van der Waals surface area contributed by atoms with Gasteiger partial charge in [0.15, 0.2) is 4.36 Å². The molecule has 0 aromatic rings. The molecule has 0 unspecified atom stereocenters. The van der Waals surface area contributed by atoms with E-state index in [1.54, 1.807) is 0 Å². The summed E-state index contributed by atoms with van der Waals surface area (Å²) in [7, 11) is -4.20. The van der Waals surface area contributed by atoms with E-state index >= 15 is 0 Å². The minimum Gasteiger partial charge on any atom is -0.351 e. The summed E-state index contributed by atoms with van der Waals surface area (Å²) in [6, 6.07) is -1.28. The molecule has 0 saturated heterocycles. The molecule has 0 aromatic carbocycles. The Labute approximate surface area is 83.5 Å². The summed E-state index contributed by atoms with van der Waals surface area (Å²) in [5.74, 6) is 0. The van der Waals surface area contributed by atoms with Crippen LogP contribution in [0.5, 0.6) is 0 Å². The molecule has 0 spiro atoms. The lowest BCUT2D eigenvalue weighted by molar-refractivity contribution is 0.253. The summed E-state index contributed by atoms with van der Waals surface area (Å²) in [5, 5.41) is 0. The lowest BCUT2D eigenvalue weighted by Gasteiger charge is -2.01. The second-order valence-corrected chi connectivity index (χ2v) is 4.67. The van der Waals surface area contributed by atoms with E-state index in [0.717, 1.165) is 0 Å². The summed E-state index contributed by atoms with van der Waals surface area (Å²) >= 11 is 15.2. The van der Waals surface area contributed by atoms with Crippen LogP contribution in [0.2, 0.25) is 0 Å². The maximum atomic E-state index is 10.8. The van der Waals surface area contributed by atoms with Gasteiger partial charge in [-0.2, -0.15) is 0 Å². The molecule has 70 valence electrons. The predicted molar refractivity (Wildman–Crippen MR) is 46.2 cm³/mol. The summed E-state index contributed by atoms with van der Waals surface area (Å²) in [5.41, 5.74) is 4.52. The Bertz CT molecular complexity index is 318. The molecule has 0 aliphatic rings. The van der Waals surface area contributed by atoms with Gasteiger partial charge in [-0.15, -0.1) is 0 Å². The molecule has 0 atom stereocenters. The molecule has 2 amide bonds. The Morgan fingerprint density at radius 3 is 1.92 bits per heavy atom. The number of carbonyl (C=O) groups is 1. The van der Waals surface area contributed by atoms with Gasteiger partial charge in [0, 0.05) is 0 Å². The molecule has 5 nitrogen and oxygen atoms in total. The zero-order valence-corrected chi connectivity index (χ0v) is 8.43. The van der Waals surface area contributed by atoms with Crippen molar-refractivity contribution in [1.29, 1.82) is 0 Å². The van der Waals surface area contributed by atoms with E-state index in [1.165, 1.54) is 4.72 Å². The van der Waals surface area contributed by atoms with E-state index in [-0.39, 0.29) is 0 Å². The van der Waals surface area contributed by atoms with Crippen LogP contribution in [0.3, 0.4) is 0 Å². The highest BCUT2D eigenvalue weighted by Crippen LogP contribution is 2.21. The van der Waals surface area contributed by atoms with Crippen molar-refractivity contribution in [3.63, 3.8) is 0 Å². The maximum absolute atomic E-state index is 10.8. The first-order valence-corrected chi connectivity index (χ1v) is 4.92. The van der Waals surface area contributed by atoms with Crippen molar-refractivity contribution in [2.75, 3.05) is 0 Å². The number of hydrogen-bond acceptors (Lipinski definition) is 3. The van der Waals surface area contributed by atoms with Crippen LogP contribution in [0, 0.1) is 0 Å². The number of sulfonamides is 1. The van der Waals surface area contributed by atoms with E-state index in [1.807, 2.05) is 0 Å². The highest BCUT2D eigenvalue weighted by atomic mass is 35.5. The Kier molecular flexibility index (Phi) is 4.12. The lowest BCUT2D eigenvalue weighted by Crippen LogP contribution is -2.34. The molecule has 0 fully saturated rings. The third-order valence-electron chi connectivity index (χ3n) is 0.619. The van der Waals surface area contributed by atoms with Crippen molar-refractivity contribution in [1.82, 2.24) is 4.72 Å². The average Bonchev–Trinajstić information content (AvgIpc) is 1.82. The topological polar surface area (TPSA) is 89.3 Å². The van der Waals surface area contributed by atoms with Gasteiger partial charge in [-0.25, -0.2) is 17.9 Å². The smallest absolute Gasteiger partial charge is 0.326 e. The molecule has 9 heteroatoms. The van der Waals surface area contributed by atoms with Crippen LogP contribution in [0.25, 0.3) is 0 Å². The van der Waals surface area contributed by atoms with Crippen molar-refractivity contribution in [3.8, 4) is 0 Å². The van der Waals surface area contributed by atoms with Crippen LogP contribution in [0.15, 0.2) is 8.86 Å². The van der Waals surface area contributed by atoms with Crippen molar-refractivity contribution in [2.24, 2.45) is 5.73 Å². The third-order valence-corrected chi connectivity index (χ3v) is 3.36. The first-order chi connectivity index (χ1) is 5.27. The number of halogens is 3. The van der Waals surface area contributed by atoms with Gasteiger partial charge in [-0.05, 0) is 0 Å². The average molecular weight is 253 g/mol. The lowest BCUT2D eigenvalue weighted by atomic mass is 11.2. The van der Waals surface area contributed by atoms with Crippen molar-refractivity contribution >= 4 is 50.9 Å². The van der Waals surface area contributed by atoms with E-state index in [9.17, 15) is 13.2 Å². The highest BCUT2D eigenvalue weighted by molar-refractivity contribution is 7.95. The Hall–Kier alpha value is -0.170. The SMILES string of the molecule is NC(=O)NS(=O)(=O)C(Cl)=C(Cl)Cl. The summed E-state index contributed by atoms with van der Waals surface area (Å²) in [6.07, 6.45) is 0. The molecule has 0 heterocycles. The molecule has 3 N–H and O–H groups in total. The maximum Gasteiger partial charge on any atom is 0.326 e. The van der Waals surface area contributed by atoms with Crippen LogP contribution < -0.4 is 10.5 Å². The van der Waals surface area contributed by atoms with E-state index in [0.29, 0.717) is 0 Å². The van der Waals surface area contributed by atoms with Gasteiger partial charge in [0.2, 0.25) is 0 Å². The fourth-order valence-electron chi connectivity index (χ4n) is 0.279. The number of hydrogen-bond donors (Lipinski definition) is 2. The minimum atomic E-state index is -4.20. The molecule has 0 aliphatic carbocycles. The first kappa shape index (κ1) is 11.8. The van der Waals surface area contributed by atoms with E-state index in [2.05, 4.69) is 5.73 Å². The van der Waals surface area contributed by atoms with Crippen LogP contribution in [0.1, 0.15) is 0 Å². The van der Waals surface area contributed by atoms with E-state index < -0.39 is 24.9 Å². The van der Waals surface area contributed by atoms with Gasteiger partial charge in [0.05, 0.1) is 0 Å². The molecule has 0 radical (unpaired) electrons. The number of rotatable bonds is 2. The summed E-state index contributed by atoms with van der Waals surface area (Å²) in [4.78, 5) is 10.1. The number of nitrogens with one attached hydrogen (secondary N) is 1. The monoisotopic (exact) mass is 252 g/mol. The zero-order chi connectivity index (χ0) is 9.94. The first-order valence-electron chi connectivity index (χ1n) is 2.30. The Morgan fingerprint density at radius 1 is 1.25 bits per heavy atom. The standard InChI is InChI=1S/C3H3Cl3N2O3S/c4-1(5)2(6)12(10,11)8-3(7)9/h(H3,7,8,9). The second-order valence-electron chi connectivity index (χ2n) is 1.50. The van der Waals surface area contributed by atoms with Gasteiger partial charge >= 0.3 is 6.03 Å². The van der Waals surface area contributed by atoms with Crippen LogP contribution in [-0.2, 0) is 10.0 Å². The zero-order valence-electron chi connectivity index (χ0n) is 5.34. The predicted octanol–water partition coefficient (Wildman–Crippen LogP) is 0.828. The van der Waals surface area contributed by atoms with Gasteiger partial charge in [-0.1, -0.05) is 34.8 Å². The quantitative estimate of drug-likeness (QED) is 0.764. The molecule has 0 bridgehead atoms. The Morgan fingerprint density at radius 2 is 1.67 bits per heavy atom. The molecule has 0 rings (SSSR count). The fraction of sp³-hybridized carbons (Fsp3) is 0. The number of carbonyl (C=O) groups excluding carboxylic acids is 1. The second kappa shape index (κ2) is 4.18.